The van der Waals surface area contributed by atoms with Crippen LogP contribution in [0.2, 0.25) is 0 Å². The molecule has 0 aliphatic heterocycles. The van der Waals surface area contributed by atoms with E-state index in [1.54, 1.807) is 6.92 Å². The Morgan fingerprint density at radius 3 is 2.29 bits per heavy atom. The molecule has 21 heavy (non-hydrogen) atoms. The lowest BCUT2D eigenvalue weighted by Crippen LogP contribution is -1.99. The van der Waals surface area contributed by atoms with E-state index in [1.165, 1.54) is 5.56 Å². The Morgan fingerprint density at radius 2 is 1.76 bits per heavy atom. The maximum atomic E-state index is 11.3. The molecule has 0 saturated heterocycles. The predicted octanol–water partition coefficient (Wildman–Crippen LogP) is 4.90. The topological polar surface area (TPSA) is 26.3 Å². The Hall–Kier alpha value is -2.09. The van der Waals surface area contributed by atoms with E-state index >= 15 is 0 Å². The highest BCUT2D eigenvalue weighted by Gasteiger charge is 2.05. The first-order chi connectivity index (χ1) is 9.97. The lowest BCUT2D eigenvalue weighted by atomic mass is 10.0. The lowest BCUT2D eigenvalue weighted by molar-refractivity contribution is 0.101. The van der Waals surface area contributed by atoms with Gasteiger partial charge in [0, 0.05) is 5.56 Å². The van der Waals surface area contributed by atoms with Gasteiger partial charge in [0.2, 0.25) is 0 Å². The van der Waals surface area contributed by atoms with Crippen LogP contribution in [-0.2, 0) is 6.61 Å². The lowest BCUT2D eigenvalue weighted by Gasteiger charge is -2.11. The fourth-order valence-electron chi connectivity index (χ4n) is 2.19. The smallest absolute Gasteiger partial charge is 0.159 e. The molecule has 0 saturated carbocycles. The summed E-state index contributed by atoms with van der Waals surface area (Å²) in [6, 6.07) is 14.1. The molecular formula is C19H22O2. The average molecular weight is 282 g/mol. The molecule has 0 amide bonds. The Morgan fingerprint density at radius 1 is 1.10 bits per heavy atom. The number of Topliss-reactive ketones (excluding diaryl/α,β-unsaturated/α-hetero) is 1. The molecule has 2 nitrogen and oxygen atoms in total. The quantitative estimate of drug-likeness (QED) is 0.729. The molecule has 0 aliphatic rings. The molecule has 2 aromatic carbocycles. The van der Waals surface area contributed by atoms with Gasteiger partial charge in [-0.2, -0.15) is 0 Å². The minimum Gasteiger partial charge on any atom is -0.489 e. The van der Waals surface area contributed by atoms with Crippen molar-refractivity contribution in [3.05, 3.63) is 64.7 Å². The molecule has 0 aliphatic carbocycles. The van der Waals surface area contributed by atoms with Crippen LogP contribution in [-0.4, -0.2) is 5.78 Å². The van der Waals surface area contributed by atoms with Crippen molar-refractivity contribution < 1.29 is 9.53 Å². The second-order valence-electron chi connectivity index (χ2n) is 5.72. The largest absolute Gasteiger partial charge is 0.489 e. The molecule has 0 bridgehead atoms. The van der Waals surface area contributed by atoms with Gasteiger partial charge in [0.05, 0.1) is 0 Å². The molecule has 2 heteroatoms. The maximum absolute atomic E-state index is 11.3. The zero-order chi connectivity index (χ0) is 15.4. The summed E-state index contributed by atoms with van der Waals surface area (Å²) in [6.07, 6.45) is 0. The molecule has 0 atom stereocenters. The van der Waals surface area contributed by atoms with Gasteiger partial charge in [-0.05, 0) is 54.7 Å². The van der Waals surface area contributed by atoms with Crippen LogP contribution in [0.5, 0.6) is 5.75 Å². The summed E-state index contributed by atoms with van der Waals surface area (Å²) in [5.41, 5.74) is 4.19. The molecule has 0 aromatic heterocycles. The highest BCUT2D eigenvalue weighted by atomic mass is 16.5. The monoisotopic (exact) mass is 282 g/mol. The van der Waals surface area contributed by atoms with Crippen molar-refractivity contribution in [2.75, 3.05) is 0 Å². The molecule has 0 spiro atoms. The van der Waals surface area contributed by atoms with Gasteiger partial charge in [-0.25, -0.2) is 0 Å². The third-order valence-corrected chi connectivity index (χ3v) is 3.62. The molecule has 0 unspecified atom stereocenters. The normalized spacial score (nSPS) is 10.7. The predicted molar refractivity (Wildman–Crippen MR) is 86.0 cm³/mol. The van der Waals surface area contributed by atoms with Crippen molar-refractivity contribution in [2.45, 2.75) is 40.2 Å². The number of hydrogen-bond acceptors (Lipinski definition) is 2. The number of carbonyl (C=O) groups is 1. The minimum absolute atomic E-state index is 0.0777. The first-order valence-corrected chi connectivity index (χ1v) is 7.30. The first-order valence-electron chi connectivity index (χ1n) is 7.30. The highest BCUT2D eigenvalue weighted by molar-refractivity contribution is 5.94. The van der Waals surface area contributed by atoms with Crippen LogP contribution < -0.4 is 4.74 Å². The zero-order valence-electron chi connectivity index (χ0n) is 13.1. The van der Waals surface area contributed by atoms with Crippen LogP contribution in [0.1, 0.15) is 53.7 Å². The van der Waals surface area contributed by atoms with Crippen molar-refractivity contribution in [3.8, 4) is 5.75 Å². The summed E-state index contributed by atoms with van der Waals surface area (Å²) in [6.45, 7) is 8.45. The van der Waals surface area contributed by atoms with Crippen molar-refractivity contribution >= 4 is 5.78 Å². The van der Waals surface area contributed by atoms with Crippen LogP contribution in [0.15, 0.2) is 42.5 Å². The van der Waals surface area contributed by atoms with Crippen molar-refractivity contribution in [3.63, 3.8) is 0 Å². The van der Waals surface area contributed by atoms with Gasteiger partial charge in [0.25, 0.3) is 0 Å². The third-order valence-electron chi connectivity index (χ3n) is 3.62. The van der Waals surface area contributed by atoms with Crippen LogP contribution in [0.3, 0.4) is 0 Å². The van der Waals surface area contributed by atoms with Crippen LogP contribution in [0, 0.1) is 6.92 Å². The Labute approximate surface area is 126 Å². The Kier molecular flexibility index (Phi) is 4.79. The maximum Gasteiger partial charge on any atom is 0.159 e. The molecule has 2 aromatic rings. The molecule has 0 N–H and O–H groups in total. The van der Waals surface area contributed by atoms with E-state index in [4.69, 9.17) is 4.74 Å². The van der Waals surface area contributed by atoms with Gasteiger partial charge in [0.1, 0.15) is 12.4 Å². The zero-order valence-corrected chi connectivity index (χ0v) is 13.1. The van der Waals surface area contributed by atoms with Crippen molar-refractivity contribution in [1.29, 1.82) is 0 Å². The van der Waals surface area contributed by atoms with E-state index in [2.05, 4.69) is 38.1 Å². The number of ketones is 1. The summed E-state index contributed by atoms with van der Waals surface area (Å²) in [5, 5.41) is 0. The molecule has 0 fully saturated rings. The molecule has 2 rings (SSSR count). The fourth-order valence-corrected chi connectivity index (χ4v) is 2.19. The standard InChI is InChI=1S/C19H22O2/c1-13(2)17-7-5-16(6-8-17)12-21-19-10-9-18(15(4)20)11-14(19)3/h5-11,13H,12H2,1-4H3. The van der Waals surface area contributed by atoms with Gasteiger partial charge >= 0.3 is 0 Å². The van der Waals surface area contributed by atoms with E-state index < -0.39 is 0 Å². The number of aryl methyl sites for hydroxylation is 1. The van der Waals surface area contributed by atoms with E-state index in [-0.39, 0.29) is 5.78 Å². The average Bonchev–Trinajstić information content (AvgIpc) is 2.46. The van der Waals surface area contributed by atoms with Gasteiger partial charge in [-0.1, -0.05) is 38.1 Å². The van der Waals surface area contributed by atoms with E-state index in [1.807, 2.05) is 25.1 Å². The fraction of sp³-hybridized carbons (Fsp3) is 0.316. The second kappa shape index (κ2) is 6.57. The third kappa shape index (κ3) is 3.94. The van der Waals surface area contributed by atoms with Crippen LogP contribution in [0.25, 0.3) is 0 Å². The number of benzene rings is 2. The minimum atomic E-state index is 0.0777. The van der Waals surface area contributed by atoms with Gasteiger partial charge in [-0.3, -0.25) is 4.79 Å². The van der Waals surface area contributed by atoms with Gasteiger partial charge in [-0.15, -0.1) is 0 Å². The van der Waals surface area contributed by atoms with Crippen LogP contribution in [0.4, 0.5) is 0 Å². The SMILES string of the molecule is CC(=O)c1ccc(OCc2ccc(C(C)C)cc2)c(C)c1. The summed E-state index contributed by atoms with van der Waals surface area (Å²) in [7, 11) is 0. The number of hydrogen-bond donors (Lipinski definition) is 0. The molecule has 0 radical (unpaired) electrons. The summed E-state index contributed by atoms with van der Waals surface area (Å²) < 4.78 is 5.85. The number of carbonyl (C=O) groups excluding carboxylic acids is 1. The number of ether oxygens (including phenoxy) is 1. The summed E-state index contributed by atoms with van der Waals surface area (Å²) in [4.78, 5) is 11.3. The van der Waals surface area contributed by atoms with Crippen LogP contribution >= 0.6 is 0 Å². The molecular weight excluding hydrogens is 260 g/mol. The van der Waals surface area contributed by atoms with E-state index in [0.29, 0.717) is 12.5 Å². The van der Waals surface area contributed by atoms with Gasteiger partial charge < -0.3 is 4.74 Å². The number of rotatable bonds is 5. The second-order valence-corrected chi connectivity index (χ2v) is 5.72. The first kappa shape index (κ1) is 15.3. The van der Waals surface area contributed by atoms with Crippen molar-refractivity contribution in [1.82, 2.24) is 0 Å². The van der Waals surface area contributed by atoms with Crippen molar-refractivity contribution in [2.24, 2.45) is 0 Å². The summed E-state index contributed by atoms with van der Waals surface area (Å²) in [5.74, 6) is 1.45. The highest BCUT2D eigenvalue weighted by Crippen LogP contribution is 2.21. The van der Waals surface area contributed by atoms with Gasteiger partial charge in [0.15, 0.2) is 5.78 Å². The Balaban J connectivity index is 2.04. The van der Waals surface area contributed by atoms with E-state index in [9.17, 15) is 4.79 Å². The van der Waals surface area contributed by atoms with E-state index in [0.717, 1.165) is 22.4 Å². The molecule has 0 heterocycles. The molecule has 110 valence electrons. The Bertz CT molecular complexity index is 625. The summed E-state index contributed by atoms with van der Waals surface area (Å²) >= 11 is 0.